The van der Waals surface area contributed by atoms with Crippen molar-refractivity contribution in [3.05, 3.63) is 179 Å². The molecule has 0 spiro atoms. The molecule has 52 heavy (non-hydrogen) atoms. The summed E-state index contributed by atoms with van der Waals surface area (Å²) in [6, 6.07) is 44.0. The molecule has 1 heterocycles. The topological polar surface area (TPSA) is 90.9 Å². The van der Waals surface area contributed by atoms with Crippen molar-refractivity contribution in [2.75, 3.05) is 14.2 Å². The molecule has 0 radical (unpaired) electrons. The SMILES string of the molecule is COc1ccc(COC(OCc2ccc(OC)cc2)=C2OC(=O)[C@H](OCc3ccccc3)[C@@H](OCc3ccccc3)[C@@H]2OCc2ccccc2)cc1. The summed E-state index contributed by atoms with van der Waals surface area (Å²) in [5.74, 6) is 0.831. The second-order valence-corrected chi connectivity index (χ2v) is 12.0. The van der Waals surface area contributed by atoms with Crippen molar-refractivity contribution in [2.24, 2.45) is 0 Å². The normalized spacial score (nSPS) is 16.8. The molecule has 5 aromatic rings. The first kappa shape index (κ1) is 36.2. The van der Waals surface area contributed by atoms with Crippen LogP contribution in [0.5, 0.6) is 11.5 Å². The van der Waals surface area contributed by atoms with Crippen LogP contribution in [0.25, 0.3) is 0 Å². The fourth-order valence-electron chi connectivity index (χ4n) is 5.54. The second kappa shape index (κ2) is 18.6. The summed E-state index contributed by atoms with van der Waals surface area (Å²) in [7, 11) is 3.22. The van der Waals surface area contributed by atoms with Gasteiger partial charge in [0.1, 0.15) is 30.8 Å². The van der Waals surface area contributed by atoms with E-state index in [2.05, 4.69) is 0 Å². The van der Waals surface area contributed by atoms with Crippen molar-refractivity contribution in [2.45, 2.75) is 51.3 Å². The number of hydrogen-bond acceptors (Lipinski definition) is 9. The van der Waals surface area contributed by atoms with Crippen LogP contribution < -0.4 is 9.47 Å². The fraction of sp³-hybridized carbons (Fsp3) is 0.233. The third-order valence-corrected chi connectivity index (χ3v) is 8.39. The molecule has 0 bridgehead atoms. The van der Waals surface area contributed by atoms with Gasteiger partial charge in [-0.3, -0.25) is 0 Å². The average molecular weight is 703 g/mol. The Balaban J connectivity index is 1.37. The summed E-state index contributed by atoms with van der Waals surface area (Å²) in [5.41, 5.74) is 4.42. The Bertz CT molecular complexity index is 1790. The van der Waals surface area contributed by atoms with Crippen molar-refractivity contribution < 1.29 is 42.7 Å². The van der Waals surface area contributed by atoms with Gasteiger partial charge in [-0.25, -0.2) is 4.79 Å². The van der Waals surface area contributed by atoms with Gasteiger partial charge in [-0.1, -0.05) is 115 Å². The van der Waals surface area contributed by atoms with Gasteiger partial charge in [0.05, 0.1) is 34.0 Å². The third kappa shape index (κ3) is 10.0. The number of hydrogen-bond donors (Lipinski definition) is 0. The maximum Gasteiger partial charge on any atom is 0.343 e. The van der Waals surface area contributed by atoms with Gasteiger partial charge in [0.25, 0.3) is 0 Å². The number of carbonyl (C=O) groups is 1. The summed E-state index contributed by atoms with van der Waals surface area (Å²) in [6.45, 7) is 0.755. The molecular weight excluding hydrogens is 660 g/mol. The molecule has 1 saturated heterocycles. The first-order chi connectivity index (χ1) is 25.6. The van der Waals surface area contributed by atoms with E-state index in [4.69, 9.17) is 37.9 Å². The lowest BCUT2D eigenvalue weighted by molar-refractivity contribution is -0.204. The number of methoxy groups -OCH3 is 2. The van der Waals surface area contributed by atoms with Crippen LogP contribution in [-0.2, 0) is 66.3 Å². The second-order valence-electron chi connectivity index (χ2n) is 12.0. The van der Waals surface area contributed by atoms with Gasteiger partial charge in [0, 0.05) is 0 Å². The molecule has 9 heteroatoms. The Morgan fingerprint density at radius 1 is 0.481 bits per heavy atom. The Morgan fingerprint density at radius 3 is 1.29 bits per heavy atom. The van der Waals surface area contributed by atoms with Gasteiger partial charge in [-0.2, -0.15) is 0 Å². The molecule has 1 fully saturated rings. The molecule has 1 aliphatic rings. The van der Waals surface area contributed by atoms with Crippen molar-refractivity contribution in [3.63, 3.8) is 0 Å². The molecule has 9 nitrogen and oxygen atoms in total. The lowest BCUT2D eigenvalue weighted by Crippen LogP contribution is -2.53. The molecule has 1 aliphatic heterocycles. The molecule has 0 aliphatic carbocycles. The van der Waals surface area contributed by atoms with Gasteiger partial charge < -0.3 is 37.9 Å². The molecule has 6 rings (SSSR count). The molecular formula is C43H42O9. The molecule has 3 atom stereocenters. The van der Waals surface area contributed by atoms with E-state index < -0.39 is 24.3 Å². The Morgan fingerprint density at radius 2 is 0.865 bits per heavy atom. The summed E-state index contributed by atoms with van der Waals surface area (Å²) in [5, 5.41) is 0. The quantitative estimate of drug-likeness (QED) is 0.0708. The zero-order valence-corrected chi connectivity index (χ0v) is 29.2. The molecule has 0 amide bonds. The molecule has 0 N–H and O–H groups in total. The van der Waals surface area contributed by atoms with E-state index in [1.54, 1.807) is 14.2 Å². The predicted molar refractivity (Wildman–Crippen MR) is 194 cm³/mol. The Labute approximate surface area is 304 Å². The fourth-order valence-corrected chi connectivity index (χ4v) is 5.54. The van der Waals surface area contributed by atoms with E-state index >= 15 is 0 Å². The van der Waals surface area contributed by atoms with E-state index in [-0.39, 0.29) is 44.7 Å². The monoisotopic (exact) mass is 702 g/mol. The summed E-state index contributed by atoms with van der Waals surface area (Å²) in [4.78, 5) is 14.0. The predicted octanol–water partition coefficient (Wildman–Crippen LogP) is 7.92. The highest BCUT2D eigenvalue weighted by Gasteiger charge is 2.49. The zero-order valence-electron chi connectivity index (χ0n) is 29.2. The van der Waals surface area contributed by atoms with E-state index in [1.165, 1.54) is 0 Å². The Kier molecular flexibility index (Phi) is 12.9. The van der Waals surface area contributed by atoms with Crippen LogP contribution in [0.2, 0.25) is 0 Å². The van der Waals surface area contributed by atoms with E-state index in [0.717, 1.165) is 27.8 Å². The van der Waals surface area contributed by atoms with Gasteiger partial charge in [-0.05, 0) is 52.1 Å². The number of ether oxygens (including phenoxy) is 8. The van der Waals surface area contributed by atoms with Crippen molar-refractivity contribution in [1.29, 1.82) is 0 Å². The minimum absolute atomic E-state index is 0.00660. The van der Waals surface area contributed by atoms with Crippen LogP contribution >= 0.6 is 0 Å². The maximum atomic E-state index is 14.0. The van der Waals surface area contributed by atoms with Gasteiger partial charge >= 0.3 is 11.9 Å². The lowest BCUT2D eigenvalue weighted by Gasteiger charge is -2.37. The van der Waals surface area contributed by atoms with Crippen molar-refractivity contribution in [1.82, 2.24) is 0 Å². The highest BCUT2D eigenvalue weighted by molar-refractivity contribution is 5.78. The smallest absolute Gasteiger partial charge is 0.343 e. The van der Waals surface area contributed by atoms with Crippen LogP contribution in [0.4, 0.5) is 0 Å². The van der Waals surface area contributed by atoms with Crippen LogP contribution in [-0.4, -0.2) is 38.5 Å². The van der Waals surface area contributed by atoms with Gasteiger partial charge in [0.15, 0.2) is 12.2 Å². The molecule has 5 aromatic carbocycles. The number of benzene rings is 5. The van der Waals surface area contributed by atoms with Crippen LogP contribution in [0.1, 0.15) is 27.8 Å². The molecule has 0 aromatic heterocycles. The first-order valence-corrected chi connectivity index (χ1v) is 17.0. The zero-order chi connectivity index (χ0) is 36.0. The highest BCUT2D eigenvalue weighted by atomic mass is 16.7. The van der Waals surface area contributed by atoms with Gasteiger partial charge in [0.2, 0.25) is 5.76 Å². The minimum Gasteiger partial charge on any atom is -0.497 e. The number of carbonyl (C=O) groups excluding carboxylic acids is 1. The largest absolute Gasteiger partial charge is 0.497 e. The van der Waals surface area contributed by atoms with E-state index in [9.17, 15) is 4.79 Å². The van der Waals surface area contributed by atoms with Crippen molar-refractivity contribution >= 4 is 5.97 Å². The molecule has 0 unspecified atom stereocenters. The van der Waals surface area contributed by atoms with Gasteiger partial charge in [-0.15, -0.1) is 0 Å². The van der Waals surface area contributed by atoms with Crippen LogP contribution in [0, 0.1) is 0 Å². The Hall–Kier alpha value is -5.61. The van der Waals surface area contributed by atoms with Crippen LogP contribution in [0.15, 0.2) is 151 Å². The molecule has 268 valence electrons. The standard InChI is InChI=1S/C43H42O9/c1-45-36-22-18-34(19-23-36)29-50-43(51-30-35-20-24-37(46-2)25-21-35)41-39(48-27-32-14-8-4-9-15-32)38(47-26-31-12-6-3-7-13-31)40(42(44)52-41)49-28-33-16-10-5-11-17-33/h3-25,38-40H,26-30H2,1-2H3/t38-,39-,40+/m0/s1. The maximum absolute atomic E-state index is 14.0. The third-order valence-electron chi connectivity index (χ3n) is 8.39. The average Bonchev–Trinajstić information content (AvgIpc) is 3.20. The van der Waals surface area contributed by atoms with Crippen molar-refractivity contribution in [3.8, 4) is 11.5 Å². The van der Waals surface area contributed by atoms with Crippen LogP contribution in [0.3, 0.4) is 0 Å². The van der Waals surface area contributed by atoms with E-state index in [1.807, 2.05) is 140 Å². The summed E-state index contributed by atoms with van der Waals surface area (Å²) >= 11 is 0. The lowest BCUT2D eigenvalue weighted by atomic mass is 10.0. The summed E-state index contributed by atoms with van der Waals surface area (Å²) in [6.07, 6.45) is -3.03. The highest BCUT2D eigenvalue weighted by Crippen LogP contribution is 2.33. The minimum atomic E-state index is -1.13. The number of rotatable bonds is 17. The first-order valence-electron chi connectivity index (χ1n) is 17.0. The molecule has 0 saturated carbocycles. The van der Waals surface area contributed by atoms with E-state index in [0.29, 0.717) is 11.5 Å². The number of cyclic esters (lactones) is 1. The summed E-state index contributed by atoms with van der Waals surface area (Å²) < 4.78 is 48.9. The number of esters is 1.